The van der Waals surface area contributed by atoms with Gasteiger partial charge in [0, 0.05) is 5.56 Å². The quantitative estimate of drug-likeness (QED) is 0.893. The maximum absolute atomic E-state index is 13.9. The van der Waals surface area contributed by atoms with Crippen LogP contribution in [0.3, 0.4) is 0 Å². The lowest BCUT2D eigenvalue weighted by Crippen LogP contribution is -2.09. The van der Waals surface area contributed by atoms with Gasteiger partial charge in [0.25, 0.3) is 0 Å². The molecule has 20 heavy (non-hydrogen) atoms. The monoisotopic (exact) mass is 302 g/mol. The predicted octanol–water partition coefficient (Wildman–Crippen LogP) is 3.10. The summed E-state index contributed by atoms with van der Waals surface area (Å²) in [6.07, 6.45) is 0. The first-order chi connectivity index (χ1) is 9.34. The fraction of sp³-hybridized carbons (Fsp3) is 0. The van der Waals surface area contributed by atoms with E-state index in [4.69, 9.17) is 22.4 Å². The van der Waals surface area contributed by atoms with Crippen LogP contribution in [0.4, 0.5) is 18.9 Å². The third kappa shape index (κ3) is 2.16. The highest BCUT2D eigenvalue weighted by Crippen LogP contribution is 2.33. The molecule has 0 unspecified atom stereocenters. The summed E-state index contributed by atoms with van der Waals surface area (Å²) in [7, 11) is 0. The summed E-state index contributed by atoms with van der Waals surface area (Å²) in [6, 6.07) is 3.00. The minimum Gasteiger partial charge on any atom is -0.476 e. The van der Waals surface area contributed by atoms with E-state index in [2.05, 4.69) is 4.98 Å². The normalized spacial score (nSPS) is 10.6. The smallest absolute Gasteiger partial charge is 0.356 e. The Morgan fingerprint density at radius 2 is 1.90 bits per heavy atom. The second-order valence-corrected chi connectivity index (χ2v) is 4.14. The van der Waals surface area contributed by atoms with Gasteiger partial charge in [-0.3, -0.25) is 0 Å². The lowest BCUT2D eigenvalue weighted by atomic mass is 10.1. The van der Waals surface area contributed by atoms with Crippen molar-refractivity contribution in [2.45, 2.75) is 0 Å². The number of carboxylic acid groups (broad SMARTS) is 1. The van der Waals surface area contributed by atoms with E-state index in [9.17, 15) is 18.0 Å². The minimum absolute atomic E-state index is 0.548. The van der Waals surface area contributed by atoms with E-state index in [1.807, 2.05) is 0 Å². The van der Waals surface area contributed by atoms with Gasteiger partial charge in [-0.2, -0.15) is 0 Å². The van der Waals surface area contributed by atoms with Crippen molar-refractivity contribution >= 4 is 23.3 Å². The van der Waals surface area contributed by atoms with Crippen LogP contribution in [-0.2, 0) is 0 Å². The van der Waals surface area contributed by atoms with Gasteiger partial charge in [-0.15, -0.1) is 0 Å². The number of pyridine rings is 1. The lowest BCUT2D eigenvalue weighted by Gasteiger charge is -2.10. The second-order valence-electron chi connectivity index (χ2n) is 3.76. The van der Waals surface area contributed by atoms with Crippen molar-refractivity contribution in [3.05, 3.63) is 46.4 Å². The highest BCUT2D eigenvalue weighted by molar-refractivity contribution is 6.35. The van der Waals surface area contributed by atoms with E-state index in [1.54, 1.807) is 0 Å². The molecule has 0 aliphatic heterocycles. The number of anilines is 1. The van der Waals surface area contributed by atoms with Crippen molar-refractivity contribution in [3.63, 3.8) is 0 Å². The van der Waals surface area contributed by atoms with Gasteiger partial charge < -0.3 is 10.8 Å². The number of aromatic carboxylic acids is 1. The van der Waals surface area contributed by atoms with Crippen molar-refractivity contribution in [2.24, 2.45) is 0 Å². The van der Waals surface area contributed by atoms with Gasteiger partial charge in [0.15, 0.2) is 23.1 Å². The number of carboxylic acids is 1. The third-order valence-electron chi connectivity index (χ3n) is 2.52. The van der Waals surface area contributed by atoms with Crippen LogP contribution in [0, 0.1) is 17.5 Å². The Labute approximate surface area is 115 Å². The van der Waals surface area contributed by atoms with Gasteiger partial charge >= 0.3 is 5.97 Å². The van der Waals surface area contributed by atoms with Gasteiger partial charge in [0.2, 0.25) is 0 Å². The number of rotatable bonds is 2. The van der Waals surface area contributed by atoms with Crippen molar-refractivity contribution in [1.82, 2.24) is 4.98 Å². The van der Waals surface area contributed by atoms with Crippen LogP contribution in [0.2, 0.25) is 5.02 Å². The number of hydrogen-bond donors (Lipinski definition) is 2. The molecule has 0 saturated carbocycles. The summed E-state index contributed by atoms with van der Waals surface area (Å²) < 4.78 is 40.7. The van der Waals surface area contributed by atoms with Crippen LogP contribution in [0.15, 0.2) is 18.2 Å². The lowest BCUT2D eigenvalue weighted by molar-refractivity contribution is 0.0691. The minimum atomic E-state index is -1.57. The summed E-state index contributed by atoms with van der Waals surface area (Å²) in [5.41, 5.74) is 2.61. The summed E-state index contributed by atoms with van der Waals surface area (Å²) in [5, 5.41) is 8.28. The number of nitrogens with two attached hydrogens (primary N) is 1. The average molecular weight is 303 g/mol. The van der Waals surface area contributed by atoms with Crippen molar-refractivity contribution < 1.29 is 23.1 Å². The molecule has 0 amide bonds. The highest BCUT2D eigenvalue weighted by Gasteiger charge is 2.24. The summed E-state index contributed by atoms with van der Waals surface area (Å²) >= 11 is 5.55. The van der Waals surface area contributed by atoms with E-state index in [-0.39, 0.29) is 0 Å². The molecule has 1 heterocycles. The van der Waals surface area contributed by atoms with E-state index >= 15 is 0 Å². The number of halogens is 4. The van der Waals surface area contributed by atoms with Crippen LogP contribution in [-0.4, -0.2) is 16.1 Å². The van der Waals surface area contributed by atoms with Crippen molar-refractivity contribution in [1.29, 1.82) is 0 Å². The Kier molecular flexibility index (Phi) is 3.54. The first kappa shape index (κ1) is 14.1. The Bertz CT molecular complexity index is 722. The zero-order chi connectivity index (χ0) is 15.0. The Morgan fingerprint density at radius 3 is 2.50 bits per heavy atom. The third-order valence-corrected chi connectivity index (χ3v) is 2.90. The Balaban J connectivity index is 2.81. The molecule has 0 aliphatic rings. The first-order valence-corrected chi connectivity index (χ1v) is 5.54. The number of carbonyl (C=O) groups is 1. The Morgan fingerprint density at radius 1 is 1.25 bits per heavy atom. The van der Waals surface area contributed by atoms with Gasteiger partial charge in [-0.05, 0) is 12.1 Å². The molecule has 0 radical (unpaired) electrons. The van der Waals surface area contributed by atoms with Gasteiger partial charge in [0.1, 0.15) is 5.69 Å². The molecule has 104 valence electrons. The zero-order valence-corrected chi connectivity index (χ0v) is 10.4. The fourth-order valence-corrected chi connectivity index (χ4v) is 1.77. The standard InChI is InChI=1S/C12H6ClF3N2O2/c13-6-9(17)8(16)10(18-11(6)12(19)20)4-2-1-3-5(14)7(4)15/h1-3H,(H2,17,18)(H,19,20). The van der Waals surface area contributed by atoms with Crippen molar-refractivity contribution in [3.8, 4) is 11.3 Å². The van der Waals surface area contributed by atoms with Gasteiger partial charge in [-0.1, -0.05) is 17.7 Å². The molecule has 2 aromatic rings. The average Bonchev–Trinajstić information content (AvgIpc) is 2.40. The Hall–Kier alpha value is -2.28. The molecule has 0 saturated heterocycles. The largest absolute Gasteiger partial charge is 0.476 e. The van der Waals surface area contributed by atoms with E-state index in [0.717, 1.165) is 18.2 Å². The summed E-state index contributed by atoms with van der Waals surface area (Å²) in [5.74, 6) is -5.38. The highest BCUT2D eigenvalue weighted by atomic mass is 35.5. The van der Waals surface area contributed by atoms with Gasteiger partial charge in [0.05, 0.1) is 10.7 Å². The molecule has 3 N–H and O–H groups in total. The first-order valence-electron chi connectivity index (χ1n) is 5.16. The van der Waals surface area contributed by atoms with Crippen LogP contribution >= 0.6 is 11.6 Å². The fourth-order valence-electron chi connectivity index (χ4n) is 1.57. The van der Waals surface area contributed by atoms with E-state index in [0.29, 0.717) is 0 Å². The SMILES string of the molecule is Nc1c(F)c(-c2cccc(F)c2F)nc(C(=O)O)c1Cl. The molecule has 1 aromatic heterocycles. The van der Waals surface area contributed by atoms with Crippen molar-refractivity contribution in [2.75, 3.05) is 5.73 Å². The molecule has 0 spiro atoms. The van der Waals surface area contributed by atoms with Crippen LogP contribution in [0.25, 0.3) is 11.3 Å². The maximum Gasteiger partial charge on any atom is 0.356 e. The molecule has 0 aliphatic carbocycles. The summed E-state index contributed by atoms with van der Waals surface area (Å²) in [6.45, 7) is 0. The topological polar surface area (TPSA) is 76.2 Å². The zero-order valence-electron chi connectivity index (χ0n) is 9.62. The number of aromatic nitrogens is 1. The van der Waals surface area contributed by atoms with Crippen LogP contribution < -0.4 is 5.73 Å². The maximum atomic E-state index is 13.9. The number of nitrogen functional groups attached to an aromatic ring is 1. The molecule has 8 heteroatoms. The summed E-state index contributed by atoms with van der Waals surface area (Å²) in [4.78, 5) is 14.3. The molecular formula is C12H6ClF3N2O2. The predicted molar refractivity (Wildman–Crippen MR) is 65.9 cm³/mol. The number of benzene rings is 1. The molecular weight excluding hydrogens is 297 g/mol. The van der Waals surface area contributed by atoms with Crippen LogP contribution in [0.1, 0.15) is 10.5 Å². The van der Waals surface area contributed by atoms with E-state index in [1.165, 1.54) is 0 Å². The molecule has 4 nitrogen and oxygen atoms in total. The van der Waals surface area contributed by atoms with Crippen LogP contribution in [0.5, 0.6) is 0 Å². The molecule has 0 atom stereocenters. The van der Waals surface area contributed by atoms with E-state index < -0.39 is 51.1 Å². The van der Waals surface area contributed by atoms with Gasteiger partial charge in [-0.25, -0.2) is 22.9 Å². The molecule has 0 bridgehead atoms. The second kappa shape index (κ2) is 5.01. The molecule has 1 aromatic carbocycles. The molecule has 0 fully saturated rings. The number of hydrogen-bond acceptors (Lipinski definition) is 3. The molecule has 2 rings (SSSR count). The number of nitrogens with zero attached hydrogens (tertiary/aromatic N) is 1.